The molecule has 0 atom stereocenters. The molecule has 0 aromatic carbocycles. The highest BCUT2D eigenvalue weighted by atomic mass is 32.1. The van der Waals surface area contributed by atoms with Crippen LogP contribution >= 0.6 is 11.3 Å². The molecular weight excluding hydrogens is 272 g/mol. The molecule has 3 heterocycles. The SMILES string of the molecule is CNc1ccc2[nH]c(CCCc3csc(N)n3)nc2n1. The number of aromatic nitrogens is 4. The van der Waals surface area contributed by atoms with E-state index in [0.717, 1.165) is 47.8 Å². The van der Waals surface area contributed by atoms with Crippen molar-refractivity contribution >= 4 is 33.5 Å². The Morgan fingerprint density at radius 3 is 2.90 bits per heavy atom. The quantitative estimate of drug-likeness (QED) is 0.669. The minimum atomic E-state index is 0.632. The number of imidazole rings is 1. The van der Waals surface area contributed by atoms with Crippen LogP contribution in [0.4, 0.5) is 10.9 Å². The first kappa shape index (κ1) is 12.9. The number of nitrogens with zero attached hydrogens (tertiary/aromatic N) is 3. The van der Waals surface area contributed by atoms with E-state index >= 15 is 0 Å². The first-order chi connectivity index (χ1) is 9.74. The Morgan fingerprint density at radius 2 is 2.15 bits per heavy atom. The number of hydrogen-bond acceptors (Lipinski definition) is 6. The summed E-state index contributed by atoms with van der Waals surface area (Å²) in [5, 5.41) is 5.65. The highest BCUT2D eigenvalue weighted by Crippen LogP contribution is 2.15. The molecule has 0 aliphatic rings. The van der Waals surface area contributed by atoms with Crippen molar-refractivity contribution < 1.29 is 0 Å². The van der Waals surface area contributed by atoms with Crippen LogP contribution in [-0.2, 0) is 12.8 Å². The number of nitrogen functional groups attached to an aromatic ring is 1. The van der Waals surface area contributed by atoms with Gasteiger partial charge in [0.1, 0.15) is 11.6 Å². The van der Waals surface area contributed by atoms with Crippen LogP contribution in [0.2, 0.25) is 0 Å². The summed E-state index contributed by atoms with van der Waals surface area (Å²) >= 11 is 1.48. The maximum absolute atomic E-state index is 5.61. The van der Waals surface area contributed by atoms with Crippen LogP contribution in [-0.4, -0.2) is 27.0 Å². The third-order valence-corrected chi connectivity index (χ3v) is 3.79. The summed E-state index contributed by atoms with van der Waals surface area (Å²) in [6.45, 7) is 0. The van der Waals surface area contributed by atoms with E-state index in [9.17, 15) is 0 Å². The minimum Gasteiger partial charge on any atom is -0.375 e. The standard InChI is InChI=1S/C13H16N6S/c1-15-10-6-5-9-12(18-10)19-11(17-9)4-2-3-8-7-20-13(14)16-8/h5-7H,2-4H2,1H3,(H2,14,16)(H2,15,17,18,19). The molecule has 3 rings (SSSR count). The summed E-state index contributed by atoms with van der Waals surface area (Å²) < 4.78 is 0. The molecule has 0 saturated heterocycles. The molecule has 104 valence electrons. The van der Waals surface area contributed by atoms with Crippen molar-refractivity contribution in [2.75, 3.05) is 18.1 Å². The van der Waals surface area contributed by atoms with Gasteiger partial charge in [0, 0.05) is 18.8 Å². The van der Waals surface area contributed by atoms with Gasteiger partial charge in [-0.25, -0.2) is 15.0 Å². The Balaban J connectivity index is 1.65. The Labute approximate surface area is 120 Å². The Morgan fingerprint density at radius 1 is 1.25 bits per heavy atom. The van der Waals surface area contributed by atoms with Gasteiger partial charge < -0.3 is 16.0 Å². The second kappa shape index (κ2) is 5.46. The van der Waals surface area contributed by atoms with E-state index < -0.39 is 0 Å². The van der Waals surface area contributed by atoms with Crippen molar-refractivity contribution in [3.63, 3.8) is 0 Å². The van der Waals surface area contributed by atoms with Crippen molar-refractivity contribution in [2.45, 2.75) is 19.3 Å². The van der Waals surface area contributed by atoms with Crippen LogP contribution in [0.25, 0.3) is 11.2 Å². The van der Waals surface area contributed by atoms with E-state index in [-0.39, 0.29) is 0 Å². The molecule has 3 aromatic heterocycles. The number of nitrogens with one attached hydrogen (secondary N) is 2. The Kier molecular flexibility index (Phi) is 3.51. The summed E-state index contributed by atoms with van der Waals surface area (Å²) in [6.07, 6.45) is 2.78. The molecule has 0 spiro atoms. The molecule has 0 aliphatic carbocycles. The smallest absolute Gasteiger partial charge is 0.180 e. The van der Waals surface area contributed by atoms with E-state index in [1.807, 2.05) is 24.6 Å². The third kappa shape index (κ3) is 2.72. The normalized spacial score (nSPS) is 11.1. The average Bonchev–Trinajstić information content (AvgIpc) is 3.03. The Bertz CT molecular complexity index is 717. The number of aryl methyl sites for hydroxylation is 2. The lowest BCUT2D eigenvalue weighted by molar-refractivity contribution is 0.774. The van der Waals surface area contributed by atoms with E-state index in [0.29, 0.717) is 5.13 Å². The Hall–Kier alpha value is -2.15. The number of aromatic amines is 1. The molecule has 4 N–H and O–H groups in total. The van der Waals surface area contributed by atoms with E-state index in [2.05, 4.69) is 25.3 Å². The lowest BCUT2D eigenvalue weighted by atomic mass is 10.2. The fourth-order valence-electron chi connectivity index (χ4n) is 2.07. The summed E-state index contributed by atoms with van der Waals surface area (Å²) in [7, 11) is 1.85. The molecule has 0 amide bonds. The van der Waals surface area contributed by atoms with Crippen molar-refractivity contribution in [2.24, 2.45) is 0 Å². The summed E-state index contributed by atoms with van der Waals surface area (Å²) in [6, 6.07) is 3.92. The van der Waals surface area contributed by atoms with Gasteiger partial charge in [0.25, 0.3) is 0 Å². The fraction of sp³-hybridized carbons (Fsp3) is 0.308. The molecule has 3 aromatic rings. The number of pyridine rings is 1. The van der Waals surface area contributed by atoms with Gasteiger partial charge in [0.15, 0.2) is 10.8 Å². The number of H-pyrrole nitrogens is 1. The maximum Gasteiger partial charge on any atom is 0.180 e. The monoisotopic (exact) mass is 288 g/mol. The predicted molar refractivity (Wildman–Crippen MR) is 82.0 cm³/mol. The molecule has 0 fully saturated rings. The van der Waals surface area contributed by atoms with Gasteiger partial charge in [-0.15, -0.1) is 11.3 Å². The van der Waals surface area contributed by atoms with Gasteiger partial charge in [-0.2, -0.15) is 0 Å². The van der Waals surface area contributed by atoms with Gasteiger partial charge in [0.05, 0.1) is 11.2 Å². The summed E-state index contributed by atoms with van der Waals surface area (Å²) in [4.78, 5) is 16.5. The number of thiazole rings is 1. The lowest BCUT2D eigenvalue weighted by Crippen LogP contribution is -1.93. The van der Waals surface area contributed by atoms with Crippen molar-refractivity contribution in [1.29, 1.82) is 0 Å². The highest BCUT2D eigenvalue weighted by Gasteiger charge is 2.05. The molecule has 0 saturated carbocycles. The minimum absolute atomic E-state index is 0.632. The molecule has 20 heavy (non-hydrogen) atoms. The van der Waals surface area contributed by atoms with Crippen molar-refractivity contribution in [3.8, 4) is 0 Å². The van der Waals surface area contributed by atoms with Crippen LogP contribution in [0, 0.1) is 0 Å². The first-order valence-corrected chi connectivity index (χ1v) is 7.36. The molecule has 0 aliphatic heterocycles. The van der Waals surface area contributed by atoms with Gasteiger partial charge in [-0.05, 0) is 25.0 Å². The zero-order valence-corrected chi connectivity index (χ0v) is 12.0. The molecule has 0 bridgehead atoms. The maximum atomic E-state index is 5.61. The number of rotatable bonds is 5. The number of hydrogen-bond donors (Lipinski definition) is 3. The van der Waals surface area contributed by atoms with E-state index in [4.69, 9.17) is 5.73 Å². The van der Waals surface area contributed by atoms with Crippen LogP contribution < -0.4 is 11.1 Å². The lowest BCUT2D eigenvalue weighted by Gasteiger charge is -1.95. The summed E-state index contributed by atoms with van der Waals surface area (Å²) in [5.41, 5.74) is 8.39. The topological polar surface area (TPSA) is 92.5 Å². The first-order valence-electron chi connectivity index (χ1n) is 6.48. The fourth-order valence-corrected chi connectivity index (χ4v) is 2.67. The zero-order chi connectivity index (χ0) is 13.9. The van der Waals surface area contributed by atoms with Crippen molar-refractivity contribution in [1.82, 2.24) is 19.9 Å². The molecule has 6 nitrogen and oxygen atoms in total. The van der Waals surface area contributed by atoms with Crippen LogP contribution in [0.5, 0.6) is 0 Å². The zero-order valence-electron chi connectivity index (χ0n) is 11.2. The van der Waals surface area contributed by atoms with Crippen molar-refractivity contribution in [3.05, 3.63) is 29.0 Å². The summed E-state index contributed by atoms with van der Waals surface area (Å²) in [5.74, 6) is 1.79. The molecule has 0 unspecified atom stereocenters. The van der Waals surface area contributed by atoms with Gasteiger partial charge in [-0.1, -0.05) is 0 Å². The van der Waals surface area contributed by atoms with Gasteiger partial charge in [-0.3, -0.25) is 0 Å². The molecule has 0 radical (unpaired) electrons. The van der Waals surface area contributed by atoms with Crippen LogP contribution in [0.1, 0.15) is 17.9 Å². The molecular formula is C13H16N6S. The number of fused-ring (bicyclic) bond motifs is 1. The van der Waals surface area contributed by atoms with E-state index in [1.165, 1.54) is 11.3 Å². The van der Waals surface area contributed by atoms with Gasteiger partial charge in [0.2, 0.25) is 0 Å². The third-order valence-electron chi connectivity index (χ3n) is 3.07. The van der Waals surface area contributed by atoms with E-state index in [1.54, 1.807) is 0 Å². The van der Waals surface area contributed by atoms with Crippen LogP contribution in [0.3, 0.4) is 0 Å². The largest absolute Gasteiger partial charge is 0.375 e. The van der Waals surface area contributed by atoms with Crippen LogP contribution in [0.15, 0.2) is 17.5 Å². The second-order valence-electron chi connectivity index (χ2n) is 4.53. The molecule has 7 heteroatoms. The predicted octanol–water partition coefficient (Wildman–Crippen LogP) is 2.21. The second-order valence-corrected chi connectivity index (χ2v) is 5.42. The number of nitrogens with two attached hydrogens (primary N) is 1. The average molecular weight is 288 g/mol. The highest BCUT2D eigenvalue weighted by molar-refractivity contribution is 7.13. The van der Waals surface area contributed by atoms with Gasteiger partial charge >= 0.3 is 0 Å². The number of anilines is 2.